The van der Waals surface area contributed by atoms with Gasteiger partial charge in [-0.3, -0.25) is 19.3 Å². The predicted molar refractivity (Wildman–Crippen MR) is 94.6 cm³/mol. The third-order valence-corrected chi connectivity index (χ3v) is 4.46. The number of carboxylic acid groups (broad SMARTS) is 1. The number of carbonyl (C=O) groups is 3. The van der Waals surface area contributed by atoms with Gasteiger partial charge in [-0.15, -0.1) is 0 Å². The van der Waals surface area contributed by atoms with Gasteiger partial charge < -0.3 is 15.3 Å². The van der Waals surface area contributed by atoms with Crippen LogP contribution in [0, 0.1) is 0 Å². The third-order valence-electron chi connectivity index (χ3n) is 4.46. The number of anilines is 1. The molecular formula is C18H25N3O4. The molecule has 7 nitrogen and oxygen atoms in total. The molecule has 2 N–H and O–H groups in total. The molecule has 1 fully saturated rings. The lowest BCUT2D eigenvalue weighted by Crippen LogP contribution is -2.40. The number of aliphatic carboxylic acids is 1. The van der Waals surface area contributed by atoms with Crippen molar-refractivity contribution >= 4 is 23.5 Å². The van der Waals surface area contributed by atoms with Crippen molar-refractivity contribution in [2.75, 3.05) is 31.5 Å². The van der Waals surface area contributed by atoms with Gasteiger partial charge >= 0.3 is 5.97 Å². The molecule has 7 heteroatoms. The van der Waals surface area contributed by atoms with Crippen LogP contribution in [0.2, 0.25) is 0 Å². The van der Waals surface area contributed by atoms with Crippen LogP contribution < -0.4 is 5.32 Å². The van der Waals surface area contributed by atoms with E-state index in [0.717, 1.165) is 6.42 Å². The number of benzene rings is 1. The zero-order valence-corrected chi connectivity index (χ0v) is 14.7. The molecule has 0 aromatic heterocycles. The summed E-state index contributed by atoms with van der Waals surface area (Å²) in [5, 5.41) is 11.9. The smallest absolute Gasteiger partial charge is 0.320 e. The lowest BCUT2D eigenvalue weighted by Gasteiger charge is -2.20. The number of nitrogens with one attached hydrogen (secondary N) is 1. The van der Waals surface area contributed by atoms with E-state index in [4.69, 9.17) is 5.11 Å². The highest BCUT2D eigenvalue weighted by molar-refractivity contribution is 5.96. The Kier molecular flexibility index (Phi) is 6.52. The molecule has 0 radical (unpaired) electrons. The maximum absolute atomic E-state index is 12.2. The number of carbonyl (C=O) groups excluding carboxylic acids is 2. The molecular weight excluding hydrogens is 322 g/mol. The third kappa shape index (κ3) is 4.79. The van der Waals surface area contributed by atoms with Gasteiger partial charge in [0.05, 0.1) is 6.54 Å². The quantitative estimate of drug-likeness (QED) is 0.783. The van der Waals surface area contributed by atoms with Crippen LogP contribution in [0.25, 0.3) is 0 Å². The van der Waals surface area contributed by atoms with Crippen molar-refractivity contribution in [2.24, 2.45) is 0 Å². The summed E-state index contributed by atoms with van der Waals surface area (Å²) in [6.45, 7) is 5.82. The van der Waals surface area contributed by atoms with Crippen molar-refractivity contribution in [1.29, 1.82) is 0 Å². The fourth-order valence-corrected chi connectivity index (χ4v) is 3.07. The highest BCUT2D eigenvalue weighted by Gasteiger charge is 2.31. The molecule has 0 saturated carbocycles. The van der Waals surface area contributed by atoms with E-state index in [9.17, 15) is 14.4 Å². The fraction of sp³-hybridized carbons (Fsp3) is 0.500. The maximum Gasteiger partial charge on any atom is 0.320 e. The first-order valence-corrected chi connectivity index (χ1v) is 8.62. The van der Waals surface area contributed by atoms with Gasteiger partial charge in [0.1, 0.15) is 6.04 Å². The van der Waals surface area contributed by atoms with Gasteiger partial charge in [-0.1, -0.05) is 0 Å². The average Bonchev–Trinajstić information content (AvgIpc) is 3.04. The number of carboxylic acids is 1. The minimum absolute atomic E-state index is 0.0377. The Labute approximate surface area is 147 Å². The molecule has 1 heterocycles. The molecule has 1 atom stereocenters. The first-order chi connectivity index (χ1) is 12.0. The van der Waals surface area contributed by atoms with Crippen molar-refractivity contribution in [3.8, 4) is 0 Å². The Morgan fingerprint density at radius 2 is 1.84 bits per heavy atom. The summed E-state index contributed by atoms with van der Waals surface area (Å²) < 4.78 is 0. The Morgan fingerprint density at radius 3 is 2.40 bits per heavy atom. The minimum atomic E-state index is -0.885. The molecule has 1 aromatic carbocycles. The van der Waals surface area contributed by atoms with Crippen molar-refractivity contribution in [3.05, 3.63) is 29.8 Å². The molecule has 0 aliphatic carbocycles. The Balaban J connectivity index is 1.93. The van der Waals surface area contributed by atoms with Crippen LogP contribution in [0.15, 0.2) is 24.3 Å². The first-order valence-electron chi connectivity index (χ1n) is 8.62. The lowest BCUT2D eigenvalue weighted by molar-refractivity contribution is -0.142. The number of hydrogen-bond donors (Lipinski definition) is 2. The van der Waals surface area contributed by atoms with E-state index in [1.807, 2.05) is 13.8 Å². The zero-order valence-electron chi connectivity index (χ0n) is 14.7. The van der Waals surface area contributed by atoms with E-state index >= 15 is 0 Å². The van der Waals surface area contributed by atoms with E-state index in [0.29, 0.717) is 37.3 Å². The van der Waals surface area contributed by atoms with Gasteiger partial charge in [0.15, 0.2) is 0 Å². The topological polar surface area (TPSA) is 90.0 Å². The molecule has 136 valence electrons. The normalized spacial score (nSPS) is 17.3. The number of hydrogen-bond acceptors (Lipinski definition) is 4. The molecule has 2 rings (SSSR count). The molecule has 1 aliphatic rings. The monoisotopic (exact) mass is 347 g/mol. The molecule has 1 aliphatic heterocycles. The number of likely N-dealkylation sites (tertiary alicyclic amines) is 1. The second kappa shape index (κ2) is 8.62. The number of nitrogens with zero attached hydrogens (tertiary/aromatic N) is 2. The van der Waals surface area contributed by atoms with Crippen LogP contribution in [0.4, 0.5) is 5.69 Å². The molecule has 1 saturated heterocycles. The van der Waals surface area contributed by atoms with Gasteiger partial charge in [-0.25, -0.2) is 0 Å². The lowest BCUT2D eigenvalue weighted by atomic mass is 10.1. The van der Waals surface area contributed by atoms with E-state index in [2.05, 4.69) is 5.32 Å². The van der Waals surface area contributed by atoms with Crippen molar-refractivity contribution < 1.29 is 19.5 Å². The summed E-state index contributed by atoms with van der Waals surface area (Å²) in [6.07, 6.45) is 1.36. The van der Waals surface area contributed by atoms with Crippen LogP contribution in [0.5, 0.6) is 0 Å². The largest absolute Gasteiger partial charge is 0.480 e. The van der Waals surface area contributed by atoms with Gasteiger partial charge in [-0.2, -0.15) is 0 Å². The summed E-state index contributed by atoms with van der Waals surface area (Å²) in [5.74, 6) is -1.18. The molecule has 0 bridgehead atoms. The van der Waals surface area contributed by atoms with Gasteiger partial charge in [-0.05, 0) is 57.5 Å². The second-order valence-electron chi connectivity index (χ2n) is 6.07. The van der Waals surface area contributed by atoms with Crippen molar-refractivity contribution in [1.82, 2.24) is 9.80 Å². The summed E-state index contributed by atoms with van der Waals surface area (Å²) in [6, 6.07) is 6.17. The van der Waals surface area contributed by atoms with Gasteiger partial charge in [0.25, 0.3) is 5.91 Å². The van der Waals surface area contributed by atoms with Crippen LogP contribution in [0.3, 0.4) is 0 Å². The minimum Gasteiger partial charge on any atom is -0.480 e. The Bertz CT molecular complexity index is 626. The Morgan fingerprint density at radius 1 is 1.20 bits per heavy atom. The fourth-order valence-electron chi connectivity index (χ4n) is 3.07. The molecule has 0 spiro atoms. The van der Waals surface area contributed by atoms with Gasteiger partial charge in [0, 0.05) is 24.3 Å². The van der Waals surface area contributed by atoms with E-state index in [-0.39, 0.29) is 18.4 Å². The summed E-state index contributed by atoms with van der Waals surface area (Å²) >= 11 is 0. The number of amides is 2. The van der Waals surface area contributed by atoms with Crippen LogP contribution in [-0.2, 0) is 9.59 Å². The van der Waals surface area contributed by atoms with Crippen molar-refractivity contribution in [2.45, 2.75) is 32.7 Å². The maximum atomic E-state index is 12.2. The predicted octanol–water partition coefficient (Wildman–Crippen LogP) is 1.66. The average molecular weight is 347 g/mol. The summed E-state index contributed by atoms with van der Waals surface area (Å²) in [5.41, 5.74) is 1.17. The standard InChI is InChI=1S/C18H25N3O4/c1-3-20(4-2)17(23)13-7-9-14(10-8-13)19-16(22)12-21-11-5-6-15(21)18(24)25/h7-10,15H,3-6,11-12H2,1-2H3,(H,19,22)(H,24,25). The van der Waals surface area contributed by atoms with Crippen LogP contribution in [-0.4, -0.2) is 64.9 Å². The van der Waals surface area contributed by atoms with Gasteiger partial charge in [0.2, 0.25) is 5.91 Å². The van der Waals surface area contributed by atoms with E-state index in [1.54, 1.807) is 34.1 Å². The molecule has 1 aromatic rings. The summed E-state index contributed by atoms with van der Waals surface area (Å²) in [4.78, 5) is 38.9. The Hall–Kier alpha value is -2.41. The second-order valence-corrected chi connectivity index (χ2v) is 6.07. The highest BCUT2D eigenvalue weighted by Crippen LogP contribution is 2.17. The van der Waals surface area contributed by atoms with Crippen LogP contribution >= 0.6 is 0 Å². The molecule has 25 heavy (non-hydrogen) atoms. The summed E-state index contributed by atoms with van der Waals surface area (Å²) in [7, 11) is 0. The van der Waals surface area contributed by atoms with E-state index in [1.165, 1.54) is 0 Å². The molecule has 2 amide bonds. The van der Waals surface area contributed by atoms with Crippen molar-refractivity contribution in [3.63, 3.8) is 0 Å². The zero-order chi connectivity index (χ0) is 18.4. The molecule has 1 unspecified atom stereocenters. The first kappa shape index (κ1) is 18.9. The highest BCUT2D eigenvalue weighted by atomic mass is 16.4. The number of rotatable bonds is 7. The SMILES string of the molecule is CCN(CC)C(=O)c1ccc(NC(=O)CN2CCCC2C(=O)O)cc1. The van der Waals surface area contributed by atoms with E-state index < -0.39 is 12.0 Å². The van der Waals surface area contributed by atoms with Crippen LogP contribution in [0.1, 0.15) is 37.0 Å².